The van der Waals surface area contributed by atoms with E-state index < -0.39 is 14.6 Å². The summed E-state index contributed by atoms with van der Waals surface area (Å²) < 4.78 is 26.1. The highest BCUT2D eigenvalue weighted by Crippen LogP contribution is 2.40. The number of hydrogen-bond donors (Lipinski definition) is 2. The lowest BCUT2D eigenvalue weighted by molar-refractivity contribution is -0.145. The molecular weight excluding hydrogens is 541 g/mol. The Hall–Kier alpha value is -2.78. The lowest BCUT2D eigenvalue weighted by atomic mass is 9.87. The third-order valence-corrected chi connectivity index (χ3v) is 8.34. The molecule has 10 nitrogen and oxygen atoms in total. The molecule has 224 valence electrons. The normalized spacial score (nSPS) is 19.3. The lowest BCUT2D eigenvalue weighted by Crippen LogP contribution is -2.34. The highest BCUT2D eigenvalue weighted by Gasteiger charge is 2.31. The molecule has 0 bridgehead atoms. The maximum Gasteiger partial charge on any atom is 0.323 e. The number of fused-ring (bicyclic) bond motifs is 1. The Balaban J connectivity index is 1.38. The van der Waals surface area contributed by atoms with Crippen molar-refractivity contribution in [1.82, 2.24) is 19.7 Å². The third kappa shape index (κ3) is 8.61. The Bertz CT molecular complexity index is 1300. The molecule has 3 heterocycles. The van der Waals surface area contributed by atoms with Gasteiger partial charge in [0.15, 0.2) is 5.82 Å². The Morgan fingerprint density at radius 1 is 1.15 bits per heavy atom. The number of nitrogens with one attached hydrogen (secondary N) is 1. The predicted molar refractivity (Wildman–Crippen MR) is 161 cm³/mol. The van der Waals surface area contributed by atoms with Gasteiger partial charge in [-0.05, 0) is 66.8 Å². The largest absolute Gasteiger partial charge is 0.465 e. The molecule has 2 aromatic heterocycles. The first-order valence-corrected chi connectivity index (χ1v) is 15.4. The summed E-state index contributed by atoms with van der Waals surface area (Å²) in [7, 11) is -1.67. The van der Waals surface area contributed by atoms with E-state index in [2.05, 4.69) is 68.8 Å². The predicted octanol–water partition coefficient (Wildman–Crippen LogP) is 6.11. The molecule has 0 saturated carbocycles. The second-order valence-corrected chi connectivity index (χ2v) is 14.0. The van der Waals surface area contributed by atoms with Gasteiger partial charge in [0.1, 0.15) is 29.7 Å². The summed E-state index contributed by atoms with van der Waals surface area (Å²) in [5, 5.41) is 7.55. The van der Waals surface area contributed by atoms with Crippen molar-refractivity contribution in [3.8, 4) is 5.75 Å². The van der Waals surface area contributed by atoms with Crippen molar-refractivity contribution in [3.05, 3.63) is 54.0 Å². The molecule has 3 unspecified atom stereocenters. The van der Waals surface area contributed by atoms with Crippen LogP contribution in [0.1, 0.15) is 85.1 Å². The van der Waals surface area contributed by atoms with Crippen molar-refractivity contribution in [1.29, 1.82) is 0 Å². The second-order valence-electron chi connectivity index (χ2n) is 12.8. The number of carbonyl (C=O) groups excluding carboxylic acids is 1. The van der Waals surface area contributed by atoms with Gasteiger partial charge in [-0.1, -0.05) is 53.7 Å². The number of rotatable bonds is 11. The van der Waals surface area contributed by atoms with Gasteiger partial charge in [0.05, 0.1) is 25.0 Å². The minimum Gasteiger partial charge on any atom is -0.465 e. The number of hydrogen-bond acceptors (Lipinski definition) is 9. The van der Waals surface area contributed by atoms with Crippen LogP contribution in [0.2, 0.25) is 0 Å². The molecule has 1 aliphatic rings. The van der Waals surface area contributed by atoms with E-state index in [0.29, 0.717) is 24.8 Å². The molecule has 0 aliphatic carbocycles. The molecule has 1 aliphatic heterocycles. The number of nitrogens with two attached hydrogens (primary N) is 1. The maximum atomic E-state index is 12.7. The molecule has 41 heavy (non-hydrogen) atoms. The van der Waals surface area contributed by atoms with Crippen LogP contribution in [0, 0.1) is 5.41 Å². The summed E-state index contributed by atoms with van der Waals surface area (Å²) in [6.45, 7) is 15.3. The van der Waals surface area contributed by atoms with Gasteiger partial charge >= 0.3 is 14.5 Å². The fourth-order valence-corrected chi connectivity index (χ4v) is 5.63. The van der Waals surface area contributed by atoms with Crippen LogP contribution in [0.3, 0.4) is 0 Å². The monoisotopic (exact) mass is 585 g/mol. The van der Waals surface area contributed by atoms with Crippen molar-refractivity contribution in [2.45, 2.75) is 91.4 Å². The van der Waals surface area contributed by atoms with Crippen LogP contribution in [0.25, 0.3) is 5.52 Å². The first-order chi connectivity index (χ1) is 19.3. The van der Waals surface area contributed by atoms with E-state index in [0.717, 1.165) is 30.5 Å². The number of aromatic nitrogens is 3. The number of benzene rings is 1. The Morgan fingerprint density at radius 3 is 2.56 bits per heavy atom. The van der Waals surface area contributed by atoms with Crippen molar-refractivity contribution in [3.63, 3.8) is 0 Å². The minimum absolute atomic E-state index is 0.0305. The number of anilines is 1. The van der Waals surface area contributed by atoms with E-state index in [-0.39, 0.29) is 29.0 Å². The molecule has 0 spiro atoms. The topological polar surface area (TPSA) is 122 Å². The van der Waals surface area contributed by atoms with Gasteiger partial charge in [-0.3, -0.25) is 4.79 Å². The van der Waals surface area contributed by atoms with E-state index in [1.54, 1.807) is 11.4 Å². The average Bonchev–Trinajstić information content (AvgIpc) is 3.54. The third-order valence-electron chi connectivity index (χ3n) is 6.98. The van der Waals surface area contributed by atoms with Gasteiger partial charge in [-0.15, -0.1) is 0 Å². The highest BCUT2D eigenvalue weighted by atomic mass is 31.2. The van der Waals surface area contributed by atoms with Crippen molar-refractivity contribution in [2.24, 2.45) is 5.41 Å². The zero-order valence-electron chi connectivity index (χ0n) is 25.2. The summed E-state index contributed by atoms with van der Waals surface area (Å²) >= 11 is 0. The standard InChI is InChI=1S/C30H44N5O5P/c1-20(28(36)37-17-16-29(2,3)4)34-41(40-22-10-8-21(9-11-22)30(5,6)7)38-18-23-12-15-26(39-23)24-13-14-25-27(31)32-19-33-35(24)25/h8-11,13-14,19-20,23,26,34H,12,15-18H2,1-7H3,(H2,31,32,33)/t20-,23?,26?,41?/m0/s1. The summed E-state index contributed by atoms with van der Waals surface area (Å²) in [6, 6.07) is 11.2. The number of nitrogens with zero attached hydrogens (tertiary/aromatic N) is 3. The number of carbonyl (C=O) groups is 1. The quantitative estimate of drug-likeness (QED) is 0.203. The fraction of sp³-hybridized carbons (Fsp3) is 0.567. The summed E-state index contributed by atoms with van der Waals surface area (Å²) in [5.74, 6) is 0.752. The van der Waals surface area contributed by atoms with E-state index in [1.165, 1.54) is 11.9 Å². The van der Waals surface area contributed by atoms with E-state index in [1.807, 2.05) is 24.3 Å². The van der Waals surface area contributed by atoms with E-state index in [4.69, 9.17) is 24.3 Å². The summed E-state index contributed by atoms with van der Waals surface area (Å²) in [6.07, 6.45) is 3.58. The van der Waals surface area contributed by atoms with Crippen LogP contribution in [0.4, 0.5) is 5.82 Å². The zero-order valence-corrected chi connectivity index (χ0v) is 26.1. The average molecular weight is 586 g/mol. The first kappa shape index (κ1) is 31.2. The van der Waals surface area contributed by atoms with Crippen LogP contribution < -0.4 is 15.3 Å². The summed E-state index contributed by atoms with van der Waals surface area (Å²) in [5.41, 5.74) is 9.00. The van der Waals surface area contributed by atoms with Crippen LogP contribution in [0.15, 0.2) is 42.7 Å². The van der Waals surface area contributed by atoms with Crippen molar-refractivity contribution < 1.29 is 23.3 Å². The van der Waals surface area contributed by atoms with Gasteiger partial charge in [0.25, 0.3) is 0 Å². The SMILES string of the molecule is C[C@H](NP(OCC1CCC(c2ccc3c(N)ncnn23)O1)Oc1ccc(C(C)(C)C)cc1)C(=O)OCCC(C)(C)C. The molecule has 3 N–H and O–H groups in total. The van der Waals surface area contributed by atoms with Gasteiger partial charge in [0, 0.05) is 0 Å². The zero-order chi connectivity index (χ0) is 29.8. The molecule has 1 saturated heterocycles. The fourth-order valence-electron chi connectivity index (χ4n) is 4.41. The van der Waals surface area contributed by atoms with Crippen LogP contribution in [0.5, 0.6) is 5.75 Å². The van der Waals surface area contributed by atoms with Crippen molar-refractivity contribution >= 4 is 25.8 Å². The molecule has 0 radical (unpaired) electrons. The van der Waals surface area contributed by atoms with Gasteiger partial charge < -0.3 is 24.3 Å². The van der Waals surface area contributed by atoms with Gasteiger partial charge in [-0.2, -0.15) is 5.10 Å². The molecule has 3 aromatic rings. The molecular formula is C30H44N5O5P. The number of nitrogen functional groups attached to an aromatic ring is 1. The second kappa shape index (κ2) is 13.0. The highest BCUT2D eigenvalue weighted by molar-refractivity contribution is 7.45. The first-order valence-electron chi connectivity index (χ1n) is 14.2. The number of ether oxygens (including phenoxy) is 2. The van der Waals surface area contributed by atoms with Crippen LogP contribution in [-0.4, -0.2) is 45.9 Å². The minimum atomic E-state index is -1.67. The molecule has 0 amide bonds. The van der Waals surface area contributed by atoms with E-state index >= 15 is 0 Å². The molecule has 4 atom stereocenters. The molecule has 4 rings (SSSR count). The molecule has 1 fully saturated rings. The van der Waals surface area contributed by atoms with Crippen LogP contribution >= 0.6 is 8.53 Å². The maximum absolute atomic E-state index is 12.7. The Labute approximate surface area is 244 Å². The van der Waals surface area contributed by atoms with Gasteiger partial charge in [0.2, 0.25) is 0 Å². The Morgan fingerprint density at radius 2 is 1.88 bits per heavy atom. The number of esters is 1. The van der Waals surface area contributed by atoms with E-state index in [9.17, 15) is 4.79 Å². The van der Waals surface area contributed by atoms with Crippen LogP contribution in [-0.2, 0) is 24.2 Å². The summed E-state index contributed by atoms with van der Waals surface area (Å²) in [4.78, 5) is 16.8. The van der Waals surface area contributed by atoms with Gasteiger partial charge in [-0.25, -0.2) is 14.6 Å². The van der Waals surface area contributed by atoms with Crippen molar-refractivity contribution in [2.75, 3.05) is 18.9 Å². The molecule has 1 aromatic carbocycles. The Kier molecular flexibility index (Phi) is 9.90. The lowest BCUT2D eigenvalue weighted by Gasteiger charge is -2.24. The molecule has 11 heteroatoms. The smallest absolute Gasteiger partial charge is 0.323 e.